The first-order valence-corrected chi connectivity index (χ1v) is 7.11. The molecule has 0 spiro atoms. The Balaban J connectivity index is 1.92. The molecule has 1 aliphatic carbocycles. The van der Waals surface area contributed by atoms with Crippen LogP contribution in [0.5, 0.6) is 0 Å². The highest BCUT2D eigenvalue weighted by molar-refractivity contribution is 5.50. The molecule has 2 aliphatic rings. The van der Waals surface area contributed by atoms with Crippen LogP contribution in [0.4, 0.5) is 5.82 Å². The zero-order chi connectivity index (χ0) is 13.2. The molecule has 0 amide bonds. The van der Waals surface area contributed by atoms with Crippen LogP contribution in [-0.4, -0.2) is 47.0 Å². The molecule has 1 aromatic rings. The van der Waals surface area contributed by atoms with Gasteiger partial charge in [0.05, 0.1) is 25.4 Å². The van der Waals surface area contributed by atoms with Crippen molar-refractivity contribution in [1.82, 2.24) is 9.97 Å². The molecule has 1 aromatic heterocycles. The Kier molecular flexibility index (Phi) is 3.66. The number of hydrogen-bond acceptors (Lipinski definition) is 5. The average molecular weight is 263 g/mol. The summed E-state index contributed by atoms with van der Waals surface area (Å²) in [5, 5.41) is 9.30. The van der Waals surface area contributed by atoms with Crippen molar-refractivity contribution in [3.63, 3.8) is 0 Å². The van der Waals surface area contributed by atoms with E-state index >= 15 is 0 Å². The second kappa shape index (κ2) is 5.43. The van der Waals surface area contributed by atoms with E-state index in [4.69, 9.17) is 4.74 Å². The molecule has 3 rings (SSSR count). The van der Waals surface area contributed by atoms with Gasteiger partial charge in [0.15, 0.2) is 0 Å². The first kappa shape index (κ1) is 12.8. The SMILES string of the molecule is CC1COC(CO)CN1c1ncnc2c1CCCC2. The lowest BCUT2D eigenvalue weighted by molar-refractivity contribution is -0.0106. The van der Waals surface area contributed by atoms with Crippen molar-refractivity contribution in [2.24, 2.45) is 0 Å². The lowest BCUT2D eigenvalue weighted by Crippen LogP contribution is -2.50. The predicted molar refractivity (Wildman–Crippen MR) is 72.3 cm³/mol. The summed E-state index contributed by atoms with van der Waals surface area (Å²) in [6, 6.07) is 0.295. The number of aromatic nitrogens is 2. The number of nitrogens with zero attached hydrogens (tertiary/aromatic N) is 3. The standard InChI is InChI=1S/C14H21N3O2/c1-10-8-19-11(7-18)6-17(10)14-12-4-2-3-5-13(12)15-9-16-14/h9-11,18H,2-8H2,1H3. The van der Waals surface area contributed by atoms with Crippen LogP contribution in [0.2, 0.25) is 0 Å². The van der Waals surface area contributed by atoms with Crippen molar-refractivity contribution in [3.8, 4) is 0 Å². The fourth-order valence-corrected chi connectivity index (χ4v) is 2.97. The van der Waals surface area contributed by atoms with Crippen LogP contribution in [0.15, 0.2) is 6.33 Å². The molecule has 2 heterocycles. The van der Waals surface area contributed by atoms with Gasteiger partial charge in [0, 0.05) is 17.8 Å². The van der Waals surface area contributed by atoms with Crippen LogP contribution in [0.25, 0.3) is 0 Å². The highest BCUT2D eigenvalue weighted by atomic mass is 16.5. The Labute approximate surface area is 113 Å². The van der Waals surface area contributed by atoms with Crippen LogP contribution in [0, 0.1) is 0 Å². The van der Waals surface area contributed by atoms with Gasteiger partial charge in [0.25, 0.3) is 0 Å². The van der Waals surface area contributed by atoms with Gasteiger partial charge in [-0.25, -0.2) is 9.97 Å². The fourth-order valence-electron chi connectivity index (χ4n) is 2.97. The van der Waals surface area contributed by atoms with E-state index in [9.17, 15) is 5.11 Å². The van der Waals surface area contributed by atoms with Crippen LogP contribution in [0.3, 0.4) is 0 Å². The van der Waals surface area contributed by atoms with Crippen molar-refractivity contribution in [2.75, 3.05) is 24.7 Å². The van der Waals surface area contributed by atoms with E-state index in [1.807, 2.05) is 0 Å². The first-order valence-electron chi connectivity index (χ1n) is 7.11. The van der Waals surface area contributed by atoms with Crippen molar-refractivity contribution in [1.29, 1.82) is 0 Å². The van der Waals surface area contributed by atoms with Gasteiger partial charge in [-0.3, -0.25) is 0 Å². The summed E-state index contributed by atoms with van der Waals surface area (Å²) in [5.41, 5.74) is 2.51. The Bertz CT molecular complexity index is 452. The summed E-state index contributed by atoms with van der Waals surface area (Å²) >= 11 is 0. The number of fused-ring (bicyclic) bond motifs is 1. The smallest absolute Gasteiger partial charge is 0.135 e. The third-order valence-electron chi connectivity index (χ3n) is 4.08. The molecule has 2 atom stereocenters. The number of hydrogen-bond donors (Lipinski definition) is 1. The van der Waals surface area contributed by atoms with E-state index in [1.54, 1.807) is 6.33 Å². The number of rotatable bonds is 2. The third-order valence-corrected chi connectivity index (χ3v) is 4.08. The van der Waals surface area contributed by atoms with Crippen molar-refractivity contribution in [3.05, 3.63) is 17.6 Å². The van der Waals surface area contributed by atoms with Crippen LogP contribution in [-0.2, 0) is 17.6 Å². The summed E-state index contributed by atoms with van der Waals surface area (Å²) < 4.78 is 5.60. The lowest BCUT2D eigenvalue weighted by atomic mass is 9.95. The summed E-state index contributed by atoms with van der Waals surface area (Å²) in [6.07, 6.45) is 6.14. The summed E-state index contributed by atoms with van der Waals surface area (Å²) in [5.74, 6) is 1.05. The Morgan fingerprint density at radius 3 is 3.05 bits per heavy atom. The van der Waals surface area contributed by atoms with Gasteiger partial charge in [-0.2, -0.15) is 0 Å². The summed E-state index contributed by atoms with van der Waals surface area (Å²) in [4.78, 5) is 11.2. The molecule has 5 nitrogen and oxygen atoms in total. The molecule has 2 unspecified atom stereocenters. The van der Waals surface area contributed by atoms with E-state index in [2.05, 4.69) is 21.8 Å². The van der Waals surface area contributed by atoms with Gasteiger partial charge in [-0.15, -0.1) is 0 Å². The van der Waals surface area contributed by atoms with Gasteiger partial charge in [0.1, 0.15) is 12.1 Å². The monoisotopic (exact) mass is 263 g/mol. The average Bonchev–Trinajstić information content (AvgIpc) is 2.47. The zero-order valence-electron chi connectivity index (χ0n) is 11.4. The summed E-state index contributed by atoms with van der Waals surface area (Å²) in [7, 11) is 0. The predicted octanol–water partition coefficient (Wildman–Crippen LogP) is 0.941. The third kappa shape index (κ3) is 2.44. The van der Waals surface area contributed by atoms with Gasteiger partial charge >= 0.3 is 0 Å². The molecule has 1 fully saturated rings. The molecule has 0 saturated carbocycles. The van der Waals surface area contributed by atoms with Crippen molar-refractivity contribution in [2.45, 2.75) is 44.8 Å². The molecule has 19 heavy (non-hydrogen) atoms. The number of morpholine rings is 1. The highest BCUT2D eigenvalue weighted by Crippen LogP contribution is 2.29. The van der Waals surface area contributed by atoms with Gasteiger partial charge in [-0.05, 0) is 32.6 Å². The van der Waals surface area contributed by atoms with E-state index in [0.717, 1.165) is 18.7 Å². The molecule has 0 radical (unpaired) electrons. The summed E-state index contributed by atoms with van der Waals surface area (Å²) in [6.45, 7) is 3.56. The minimum Gasteiger partial charge on any atom is -0.394 e. The molecule has 5 heteroatoms. The van der Waals surface area contributed by atoms with Crippen LogP contribution >= 0.6 is 0 Å². The molecule has 1 aliphatic heterocycles. The Hall–Kier alpha value is -1.20. The highest BCUT2D eigenvalue weighted by Gasteiger charge is 2.29. The maximum Gasteiger partial charge on any atom is 0.135 e. The molecular formula is C14H21N3O2. The second-order valence-electron chi connectivity index (χ2n) is 5.47. The maximum absolute atomic E-state index is 9.30. The Morgan fingerprint density at radius 2 is 2.21 bits per heavy atom. The largest absolute Gasteiger partial charge is 0.394 e. The van der Waals surface area contributed by atoms with E-state index in [-0.39, 0.29) is 12.7 Å². The topological polar surface area (TPSA) is 58.5 Å². The number of ether oxygens (including phenoxy) is 1. The number of aryl methyl sites for hydroxylation is 1. The maximum atomic E-state index is 9.30. The van der Waals surface area contributed by atoms with Crippen LogP contribution in [0.1, 0.15) is 31.0 Å². The van der Waals surface area contributed by atoms with E-state index in [1.165, 1.54) is 24.1 Å². The van der Waals surface area contributed by atoms with Gasteiger partial charge < -0.3 is 14.7 Å². The second-order valence-corrected chi connectivity index (χ2v) is 5.47. The minimum atomic E-state index is -0.106. The van der Waals surface area contributed by atoms with E-state index in [0.29, 0.717) is 19.2 Å². The van der Waals surface area contributed by atoms with E-state index < -0.39 is 0 Å². The normalized spacial score (nSPS) is 27.2. The molecule has 1 N–H and O–H groups in total. The molecule has 0 aromatic carbocycles. The Morgan fingerprint density at radius 1 is 1.37 bits per heavy atom. The molecular weight excluding hydrogens is 242 g/mol. The minimum absolute atomic E-state index is 0.0660. The van der Waals surface area contributed by atoms with Crippen molar-refractivity contribution >= 4 is 5.82 Å². The van der Waals surface area contributed by atoms with Gasteiger partial charge in [0.2, 0.25) is 0 Å². The zero-order valence-corrected chi connectivity index (χ0v) is 11.4. The molecule has 1 saturated heterocycles. The number of aliphatic hydroxyl groups is 1. The van der Waals surface area contributed by atoms with Crippen molar-refractivity contribution < 1.29 is 9.84 Å². The number of anilines is 1. The quantitative estimate of drug-likeness (QED) is 0.860. The molecule has 104 valence electrons. The number of aliphatic hydroxyl groups excluding tert-OH is 1. The van der Waals surface area contributed by atoms with Gasteiger partial charge in [-0.1, -0.05) is 0 Å². The molecule has 0 bridgehead atoms. The lowest BCUT2D eigenvalue weighted by Gasteiger charge is -2.39. The first-order chi connectivity index (χ1) is 9.29. The van der Waals surface area contributed by atoms with Crippen LogP contribution < -0.4 is 4.90 Å². The fraction of sp³-hybridized carbons (Fsp3) is 0.714.